The highest BCUT2D eigenvalue weighted by Crippen LogP contribution is 2.21. The lowest BCUT2D eigenvalue weighted by atomic mass is 10.2. The third-order valence-corrected chi connectivity index (χ3v) is 3.60. The van der Waals surface area contributed by atoms with Crippen molar-refractivity contribution in [3.8, 4) is 0 Å². The van der Waals surface area contributed by atoms with E-state index in [0.717, 1.165) is 6.08 Å². The van der Waals surface area contributed by atoms with E-state index >= 15 is 0 Å². The standard InChI is InChI=1S/C16H13IN2O6/c1-10-8-11(19(22)23)2-5-13(10)18-15(20)9-24-16(21)7-4-12-3-6-14(17)25-12/h2-8H,9H2,1H3,(H,18,20)/b7-4+. The van der Waals surface area contributed by atoms with Gasteiger partial charge < -0.3 is 14.5 Å². The zero-order chi connectivity index (χ0) is 18.4. The fourth-order valence-corrected chi connectivity index (χ4v) is 2.27. The molecular weight excluding hydrogens is 443 g/mol. The van der Waals surface area contributed by atoms with E-state index in [4.69, 9.17) is 9.15 Å². The Kier molecular flexibility index (Phi) is 6.28. The first-order valence-corrected chi connectivity index (χ1v) is 8.08. The van der Waals surface area contributed by atoms with Gasteiger partial charge in [-0.05, 0) is 59.4 Å². The molecule has 9 heteroatoms. The fourth-order valence-electron chi connectivity index (χ4n) is 1.84. The van der Waals surface area contributed by atoms with E-state index < -0.39 is 23.4 Å². The average molecular weight is 456 g/mol. The number of carbonyl (C=O) groups excluding carboxylic acids is 2. The molecule has 1 aromatic carbocycles. The molecule has 0 unspecified atom stereocenters. The van der Waals surface area contributed by atoms with Gasteiger partial charge in [-0.15, -0.1) is 0 Å². The minimum Gasteiger partial charge on any atom is -0.452 e. The third kappa shape index (κ3) is 5.71. The number of nitro benzene ring substituents is 1. The molecule has 0 aliphatic carbocycles. The average Bonchev–Trinajstić information content (AvgIpc) is 2.98. The lowest BCUT2D eigenvalue weighted by molar-refractivity contribution is -0.384. The third-order valence-electron chi connectivity index (χ3n) is 3.02. The van der Waals surface area contributed by atoms with E-state index in [0.29, 0.717) is 20.8 Å². The zero-order valence-electron chi connectivity index (χ0n) is 13.0. The molecule has 0 spiro atoms. The predicted octanol–water partition coefficient (Wildman–Crippen LogP) is 3.30. The molecule has 0 saturated heterocycles. The lowest BCUT2D eigenvalue weighted by Gasteiger charge is -2.08. The monoisotopic (exact) mass is 456 g/mol. The maximum Gasteiger partial charge on any atom is 0.331 e. The number of carbonyl (C=O) groups is 2. The Labute approximate surface area is 156 Å². The van der Waals surface area contributed by atoms with Crippen molar-refractivity contribution in [3.05, 3.63) is 61.6 Å². The SMILES string of the molecule is Cc1cc([N+](=O)[O-])ccc1NC(=O)COC(=O)/C=C/c1ccc(I)o1. The number of benzene rings is 1. The number of aryl methyl sites for hydroxylation is 1. The molecule has 0 saturated carbocycles. The molecular formula is C16H13IN2O6. The maximum absolute atomic E-state index is 11.8. The first-order valence-electron chi connectivity index (χ1n) is 7.00. The van der Waals surface area contributed by atoms with E-state index in [1.165, 1.54) is 24.3 Å². The number of halogens is 1. The van der Waals surface area contributed by atoms with Crippen molar-refractivity contribution < 1.29 is 23.7 Å². The molecule has 1 N–H and O–H groups in total. The molecule has 1 amide bonds. The summed E-state index contributed by atoms with van der Waals surface area (Å²) >= 11 is 1.99. The number of furan rings is 1. The van der Waals surface area contributed by atoms with Crippen LogP contribution in [0.3, 0.4) is 0 Å². The van der Waals surface area contributed by atoms with Crippen LogP contribution in [0.25, 0.3) is 6.08 Å². The molecule has 8 nitrogen and oxygen atoms in total. The number of nitro groups is 1. The molecule has 25 heavy (non-hydrogen) atoms. The van der Waals surface area contributed by atoms with Crippen LogP contribution < -0.4 is 5.32 Å². The van der Waals surface area contributed by atoms with Gasteiger partial charge in [-0.25, -0.2) is 4.79 Å². The normalized spacial score (nSPS) is 10.6. The number of ether oxygens (including phenoxy) is 1. The quantitative estimate of drug-likeness (QED) is 0.235. The molecule has 1 aromatic heterocycles. The number of nitrogens with zero attached hydrogens (tertiary/aromatic N) is 1. The van der Waals surface area contributed by atoms with Crippen LogP contribution in [0.4, 0.5) is 11.4 Å². The van der Waals surface area contributed by atoms with Crippen LogP contribution in [-0.2, 0) is 14.3 Å². The van der Waals surface area contributed by atoms with Gasteiger partial charge in [0.2, 0.25) is 0 Å². The first-order chi connectivity index (χ1) is 11.8. The molecule has 0 radical (unpaired) electrons. The summed E-state index contributed by atoms with van der Waals surface area (Å²) in [6.45, 7) is 1.15. The highest BCUT2D eigenvalue weighted by Gasteiger charge is 2.11. The number of nitrogens with one attached hydrogen (secondary N) is 1. The Hall–Kier alpha value is -2.69. The van der Waals surface area contributed by atoms with Gasteiger partial charge in [0, 0.05) is 23.9 Å². The van der Waals surface area contributed by atoms with E-state index in [-0.39, 0.29) is 5.69 Å². The van der Waals surface area contributed by atoms with Gasteiger partial charge in [0.25, 0.3) is 11.6 Å². The second kappa shape index (κ2) is 8.42. The zero-order valence-corrected chi connectivity index (χ0v) is 15.2. The van der Waals surface area contributed by atoms with Crippen LogP contribution in [0.2, 0.25) is 0 Å². The van der Waals surface area contributed by atoms with E-state index in [9.17, 15) is 19.7 Å². The topological polar surface area (TPSA) is 112 Å². The summed E-state index contributed by atoms with van der Waals surface area (Å²) in [5.41, 5.74) is 0.869. The van der Waals surface area contributed by atoms with Crippen molar-refractivity contribution in [2.24, 2.45) is 0 Å². The van der Waals surface area contributed by atoms with Gasteiger partial charge in [0.1, 0.15) is 5.76 Å². The molecule has 2 aromatic rings. The molecule has 0 fully saturated rings. The van der Waals surface area contributed by atoms with Gasteiger partial charge in [0.05, 0.1) is 4.92 Å². The summed E-state index contributed by atoms with van der Waals surface area (Å²) in [6.07, 6.45) is 2.59. The molecule has 130 valence electrons. The molecule has 0 atom stereocenters. The number of esters is 1. The predicted molar refractivity (Wildman–Crippen MR) is 97.9 cm³/mol. The van der Waals surface area contributed by atoms with Gasteiger partial charge in [-0.3, -0.25) is 14.9 Å². The van der Waals surface area contributed by atoms with E-state index in [1.54, 1.807) is 19.1 Å². The van der Waals surface area contributed by atoms with Crippen molar-refractivity contribution in [1.82, 2.24) is 0 Å². The van der Waals surface area contributed by atoms with Crippen molar-refractivity contribution in [2.45, 2.75) is 6.92 Å². The lowest BCUT2D eigenvalue weighted by Crippen LogP contribution is -2.20. The highest BCUT2D eigenvalue weighted by molar-refractivity contribution is 14.1. The van der Waals surface area contributed by atoms with Crippen LogP contribution >= 0.6 is 22.6 Å². The van der Waals surface area contributed by atoms with Gasteiger partial charge in [-0.2, -0.15) is 0 Å². The first kappa shape index (κ1) is 18.6. The van der Waals surface area contributed by atoms with Crippen LogP contribution in [0.15, 0.2) is 40.8 Å². The number of hydrogen-bond donors (Lipinski definition) is 1. The highest BCUT2D eigenvalue weighted by atomic mass is 127. The molecule has 2 rings (SSSR count). The summed E-state index contributed by atoms with van der Waals surface area (Å²) in [5.74, 6) is -0.750. The Morgan fingerprint density at radius 2 is 2.12 bits per heavy atom. The number of amides is 1. The largest absolute Gasteiger partial charge is 0.452 e. The van der Waals surface area contributed by atoms with Crippen LogP contribution in [0.1, 0.15) is 11.3 Å². The number of hydrogen-bond acceptors (Lipinski definition) is 6. The minimum atomic E-state index is -0.693. The Morgan fingerprint density at radius 1 is 1.36 bits per heavy atom. The number of rotatable bonds is 6. The minimum absolute atomic E-state index is 0.0698. The van der Waals surface area contributed by atoms with E-state index in [2.05, 4.69) is 5.32 Å². The summed E-state index contributed by atoms with van der Waals surface area (Å²) < 4.78 is 10.7. The van der Waals surface area contributed by atoms with Crippen molar-refractivity contribution in [2.75, 3.05) is 11.9 Å². The molecule has 0 aliphatic heterocycles. The molecule has 0 bridgehead atoms. The summed E-state index contributed by atoms with van der Waals surface area (Å²) in [5, 5.41) is 13.2. The summed E-state index contributed by atoms with van der Waals surface area (Å²) in [7, 11) is 0. The van der Waals surface area contributed by atoms with Crippen molar-refractivity contribution in [1.29, 1.82) is 0 Å². The van der Waals surface area contributed by atoms with Crippen LogP contribution in [0, 0.1) is 20.8 Å². The second-order valence-electron chi connectivity index (χ2n) is 4.89. The molecule has 0 aliphatic rings. The Morgan fingerprint density at radius 3 is 2.72 bits per heavy atom. The van der Waals surface area contributed by atoms with Gasteiger partial charge in [-0.1, -0.05) is 0 Å². The van der Waals surface area contributed by atoms with Crippen LogP contribution in [-0.4, -0.2) is 23.4 Å². The smallest absolute Gasteiger partial charge is 0.331 e. The van der Waals surface area contributed by atoms with Crippen LogP contribution in [0.5, 0.6) is 0 Å². The number of anilines is 1. The van der Waals surface area contributed by atoms with Crippen molar-refractivity contribution in [3.63, 3.8) is 0 Å². The van der Waals surface area contributed by atoms with E-state index in [1.807, 2.05) is 22.6 Å². The Balaban J connectivity index is 1.85. The summed E-state index contributed by atoms with van der Waals surface area (Å²) in [4.78, 5) is 33.5. The number of non-ortho nitro benzene ring substituents is 1. The summed E-state index contributed by atoms with van der Waals surface area (Å²) in [6, 6.07) is 7.48. The fraction of sp³-hybridized carbons (Fsp3) is 0.125. The molecule has 1 heterocycles. The Bertz CT molecular complexity index is 843. The second-order valence-corrected chi connectivity index (χ2v) is 5.95. The van der Waals surface area contributed by atoms with Crippen molar-refractivity contribution >= 4 is 51.9 Å². The van der Waals surface area contributed by atoms with Gasteiger partial charge >= 0.3 is 5.97 Å². The maximum atomic E-state index is 11.8. The van der Waals surface area contributed by atoms with Gasteiger partial charge in [0.15, 0.2) is 10.4 Å².